The van der Waals surface area contributed by atoms with Crippen molar-refractivity contribution in [1.29, 1.82) is 0 Å². The van der Waals surface area contributed by atoms with E-state index in [0.29, 0.717) is 26.0 Å². The van der Waals surface area contributed by atoms with E-state index >= 15 is 0 Å². The summed E-state index contributed by atoms with van der Waals surface area (Å²) in [7, 11) is 3.23. The summed E-state index contributed by atoms with van der Waals surface area (Å²) in [6, 6.07) is 4.40. The van der Waals surface area contributed by atoms with Gasteiger partial charge in [0, 0.05) is 45.6 Å². The van der Waals surface area contributed by atoms with Gasteiger partial charge < -0.3 is 24.6 Å². The summed E-state index contributed by atoms with van der Waals surface area (Å²) in [6.07, 6.45) is 2.67. The van der Waals surface area contributed by atoms with Crippen molar-refractivity contribution in [2.24, 2.45) is 5.92 Å². The second-order valence-electron chi connectivity index (χ2n) is 8.45. The van der Waals surface area contributed by atoms with Gasteiger partial charge in [0.05, 0.1) is 10.6 Å². The van der Waals surface area contributed by atoms with Gasteiger partial charge in [0.15, 0.2) is 11.4 Å². The minimum Gasteiger partial charge on any atom is -0.503 e. The number of hydrogen-bond acceptors (Lipinski definition) is 5. The quantitative estimate of drug-likeness (QED) is 0.658. The van der Waals surface area contributed by atoms with Gasteiger partial charge in [-0.2, -0.15) is 0 Å². The number of carbonyl (C=O) groups is 2. The third-order valence-electron chi connectivity index (χ3n) is 6.23. The number of rotatable bonds is 5. The lowest BCUT2D eigenvalue weighted by Crippen LogP contribution is -2.60. The van der Waals surface area contributed by atoms with Crippen LogP contribution in [0.2, 0.25) is 5.02 Å². The summed E-state index contributed by atoms with van der Waals surface area (Å²) >= 11 is 5.77. The van der Waals surface area contributed by atoms with Gasteiger partial charge in [0.1, 0.15) is 11.4 Å². The van der Waals surface area contributed by atoms with E-state index in [0.717, 1.165) is 0 Å². The van der Waals surface area contributed by atoms with Crippen LogP contribution in [0.5, 0.6) is 5.75 Å². The summed E-state index contributed by atoms with van der Waals surface area (Å²) in [6.45, 7) is 0.742. The molecule has 2 N–H and O–H groups in total. The van der Waals surface area contributed by atoms with Crippen molar-refractivity contribution in [2.75, 3.05) is 27.3 Å². The number of aromatic nitrogens is 1. The summed E-state index contributed by atoms with van der Waals surface area (Å²) in [4.78, 5) is 39.7. The molecule has 178 valence electrons. The molecule has 0 saturated heterocycles. The molecule has 0 atom stereocenters. The molecule has 2 amide bonds. The lowest BCUT2D eigenvalue weighted by molar-refractivity contribution is -0.0190. The van der Waals surface area contributed by atoms with Gasteiger partial charge in [0.2, 0.25) is 5.43 Å². The van der Waals surface area contributed by atoms with E-state index in [2.05, 4.69) is 5.32 Å². The van der Waals surface area contributed by atoms with Gasteiger partial charge in [-0.3, -0.25) is 14.4 Å². The zero-order valence-electron chi connectivity index (χ0n) is 18.1. The fraction of sp³-hybridized carbons (Fsp3) is 0.409. The maximum absolute atomic E-state index is 14.1. The minimum atomic E-state index is -0.952. The monoisotopic (exact) mass is 499 g/mol. The summed E-state index contributed by atoms with van der Waals surface area (Å²) < 4.78 is 20.9. The highest BCUT2D eigenvalue weighted by molar-refractivity contribution is 6.30. The van der Waals surface area contributed by atoms with Crippen molar-refractivity contribution in [3.63, 3.8) is 0 Å². The number of fused-ring (bicyclic) bond motifs is 2. The standard InChI is InChI=1S/C22H23ClFN3O5.ClH/c1-26-11-22(6-12(7-22)10-32-2)27-9-14(18(28)19(29)17(27)21(26)31)20(30)25-8-13-4-3-5-15(23)16(13)24;/h3-5,9,12,29H,6-8,10-11H2,1-2H3,(H,25,30);1H/t12-,22-;. The molecular weight excluding hydrogens is 476 g/mol. The fourth-order valence-electron chi connectivity index (χ4n) is 4.76. The Hall–Kier alpha value is -2.62. The van der Waals surface area contributed by atoms with Crippen LogP contribution in [-0.4, -0.2) is 53.7 Å². The third-order valence-corrected chi connectivity index (χ3v) is 6.52. The highest BCUT2D eigenvalue weighted by Crippen LogP contribution is 2.48. The number of benzene rings is 1. The van der Waals surface area contributed by atoms with Crippen LogP contribution >= 0.6 is 24.0 Å². The molecule has 0 unspecified atom stereocenters. The number of carbonyl (C=O) groups excluding carboxylic acids is 2. The van der Waals surface area contributed by atoms with Gasteiger partial charge in [-0.15, -0.1) is 12.4 Å². The number of methoxy groups -OCH3 is 1. The number of nitrogens with one attached hydrogen (secondary N) is 1. The van der Waals surface area contributed by atoms with Crippen LogP contribution in [0.3, 0.4) is 0 Å². The zero-order valence-corrected chi connectivity index (χ0v) is 19.6. The average molecular weight is 500 g/mol. The molecule has 1 spiro atoms. The molecule has 4 rings (SSSR count). The van der Waals surface area contributed by atoms with Crippen LogP contribution in [0, 0.1) is 11.7 Å². The lowest BCUT2D eigenvalue weighted by atomic mass is 9.67. The van der Waals surface area contributed by atoms with Crippen molar-refractivity contribution in [1.82, 2.24) is 14.8 Å². The van der Waals surface area contributed by atoms with E-state index in [4.69, 9.17) is 16.3 Å². The van der Waals surface area contributed by atoms with Crippen LogP contribution in [0.4, 0.5) is 4.39 Å². The maximum atomic E-state index is 14.1. The number of pyridine rings is 1. The molecule has 1 aromatic heterocycles. The Morgan fingerprint density at radius 2 is 2.06 bits per heavy atom. The van der Waals surface area contributed by atoms with Crippen molar-refractivity contribution in [3.05, 3.63) is 62.3 Å². The normalized spacial score (nSPS) is 21.3. The van der Waals surface area contributed by atoms with E-state index in [1.54, 1.807) is 24.8 Å². The molecule has 0 bridgehead atoms. The number of nitrogens with zero attached hydrogens (tertiary/aromatic N) is 2. The molecule has 2 heterocycles. The Morgan fingerprint density at radius 1 is 1.36 bits per heavy atom. The minimum absolute atomic E-state index is 0. The molecule has 1 aromatic carbocycles. The Kier molecular flexibility index (Phi) is 7.07. The molecule has 2 aliphatic rings. The summed E-state index contributed by atoms with van der Waals surface area (Å²) in [5, 5.41) is 13.0. The number of likely N-dealkylation sites (N-methyl/N-ethyl adjacent to an activating group) is 1. The Labute approximate surface area is 200 Å². The first-order chi connectivity index (χ1) is 15.2. The molecule has 1 fully saturated rings. The number of amides is 2. The number of ether oxygens (including phenoxy) is 1. The smallest absolute Gasteiger partial charge is 0.274 e. The third kappa shape index (κ3) is 4.20. The first-order valence-electron chi connectivity index (χ1n) is 10.1. The van der Waals surface area contributed by atoms with Gasteiger partial charge >= 0.3 is 0 Å². The predicted molar refractivity (Wildman–Crippen MR) is 122 cm³/mol. The molecule has 8 nitrogen and oxygen atoms in total. The Bertz CT molecular complexity index is 1160. The highest BCUT2D eigenvalue weighted by Gasteiger charge is 2.51. The van der Waals surface area contributed by atoms with Crippen LogP contribution in [0.25, 0.3) is 0 Å². The van der Waals surface area contributed by atoms with Crippen LogP contribution in [0.1, 0.15) is 39.3 Å². The molecule has 1 aliphatic heterocycles. The van der Waals surface area contributed by atoms with Gasteiger partial charge in [0.25, 0.3) is 11.8 Å². The molecular formula is C22H24Cl2FN3O5. The van der Waals surface area contributed by atoms with Gasteiger partial charge in [-0.05, 0) is 24.8 Å². The summed E-state index contributed by atoms with van der Waals surface area (Å²) in [5.41, 5.74) is -1.78. The summed E-state index contributed by atoms with van der Waals surface area (Å²) in [5.74, 6) is -2.44. The van der Waals surface area contributed by atoms with E-state index in [9.17, 15) is 23.9 Å². The fourth-order valence-corrected chi connectivity index (χ4v) is 4.96. The van der Waals surface area contributed by atoms with Crippen LogP contribution in [0.15, 0.2) is 29.2 Å². The molecule has 0 radical (unpaired) electrons. The Morgan fingerprint density at radius 3 is 2.73 bits per heavy atom. The second-order valence-corrected chi connectivity index (χ2v) is 8.86. The number of aromatic hydroxyl groups is 1. The van der Waals surface area contributed by atoms with Crippen molar-refractivity contribution in [3.8, 4) is 5.75 Å². The van der Waals surface area contributed by atoms with Crippen molar-refractivity contribution < 1.29 is 23.8 Å². The molecule has 2 aromatic rings. The highest BCUT2D eigenvalue weighted by atomic mass is 35.5. The van der Waals surface area contributed by atoms with Crippen molar-refractivity contribution >= 4 is 35.8 Å². The van der Waals surface area contributed by atoms with E-state index in [1.165, 1.54) is 23.2 Å². The Balaban J connectivity index is 0.00000306. The predicted octanol–water partition coefficient (Wildman–Crippen LogP) is 2.54. The van der Waals surface area contributed by atoms with E-state index in [-0.39, 0.29) is 46.7 Å². The van der Waals surface area contributed by atoms with Gasteiger partial charge in [-0.25, -0.2) is 4.39 Å². The molecule has 1 saturated carbocycles. The lowest BCUT2D eigenvalue weighted by Gasteiger charge is -2.54. The van der Waals surface area contributed by atoms with Crippen LogP contribution in [-0.2, 0) is 16.8 Å². The first kappa shape index (κ1) is 25.0. The van der Waals surface area contributed by atoms with Gasteiger partial charge in [-0.1, -0.05) is 23.7 Å². The largest absolute Gasteiger partial charge is 0.503 e. The average Bonchev–Trinajstić information content (AvgIpc) is 2.73. The molecule has 1 aliphatic carbocycles. The second kappa shape index (κ2) is 9.32. The maximum Gasteiger partial charge on any atom is 0.274 e. The SMILES string of the molecule is COC[C@H]1C[C@@]2(CN(C)C(=O)c3c(O)c(=O)c(C(=O)NCc4cccc(Cl)c4F)cn32)C1.Cl. The topological polar surface area (TPSA) is 101 Å². The van der Waals surface area contributed by atoms with E-state index < -0.39 is 34.3 Å². The molecule has 33 heavy (non-hydrogen) atoms. The number of hydrogen-bond donors (Lipinski definition) is 2. The zero-order chi connectivity index (χ0) is 23.2. The molecule has 11 heteroatoms. The first-order valence-corrected chi connectivity index (χ1v) is 10.5. The van der Waals surface area contributed by atoms with E-state index in [1.807, 2.05) is 0 Å². The number of halogens is 3. The van der Waals surface area contributed by atoms with Crippen molar-refractivity contribution in [2.45, 2.75) is 24.9 Å². The van der Waals surface area contributed by atoms with Crippen LogP contribution < -0.4 is 10.7 Å².